The van der Waals surface area contributed by atoms with Gasteiger partial charge in [-0.2, -0.15) is 0 Å². The lowest BCUT2D eigenvalue weighted by atomic mass is 10.0. The first-order chi connectivity index (χ1) is 16.5. The van der Waals surface area contributed by atoms with Gasteiger partial charge in [-0.25, -0.2) is 9.59 Å². The average Bonchev–Trinajstić information content (AvgIpc) is 3.13. The fraction of sp³-hybridized carbons (Fsp3) is 0.619. The molecule has 0 amide bonds. The van der Waals surface area contributed by atoms with Gasteiger partial charge in [-0.05, 0) is 20.3 Å². The summed E-state index contributed by atoms with van der Waals surface area (Å²) in [6.45, 7) is 4.75. The van der Waals surface area contributed by atoms with Gasteiger partial charge in [-0.1, -0.05) is 6.92 Å². The molecule has 2 aromatic rings. The highest BCUT2D eigenvalue weighted by Crippen LogP contribution is 2.36. The average molecular weight is 503 g/mol. The maximum atomic E-state index is 11.6. The van der Waals surface area contributed by atoms with Crippen LogP contribution >= 0.6 is 0 Å². The molecule has 0 unspecified atom stereocenters. The lowest BCUT2D eigenvalue weighted by Gasteiger charge is -2.24. The Kier molecular flexibility index (Phi) is 11.9. The number of ether oxygens (including phenoxy) is 2. The number of nitrogens with zero attached hydrogens (tertiary/aromatic N) is 2. The van der Waals surface area contributed by atoms with Gasteiger partial charge in [-0.15, -0.1) is 0 Å². The van der Waals surface area contributed by atoms with Crippen LogP contribution in [-0.4, -0.2) is 77.7 Å². The summed E-state index contributed by atoms with van der Waals surface area (Å²) in [5.74, 6) is 0. The highest BCUT2D eigenvalue weighted by atomic mass is 16.5. The number of aromatic nitrogens is 4. The van der Waals surface area contributed by atoms with Crippen molar-refractivity contribution in [3.05, 3.63) is 66.2 Å². The van der Waals surface area contributed by atoms with Crippen molar-refractivity contribution in [2.75, 3.05) is 20.3 Å². The molecule has 0 spiro atoms. The number of hydrogen-bond donors (Lipinski definition) is 6. The zero-order valence-corrected chi connectivity index (χ0v) is 20.1. The van der Waals surface area contributed by atoms with Gasteiger partial charge in [0.15, 0.2) is 6.23 Å². The molecule has 3 heterocycles. The molecule has 14 nitrogen and oxygen atoms in total. The third-order valence-electron chi connectivity index (χ3n) is 5.09. The van der Waals surface area contributed by atoms with E-state index in [1.165, 1.54) is 36.0 Å². The summed E-state index contributed by atoms with van der Waals surface area (Å²) >= 11 is 0. The van der Waals surface area contributed by atoms with Gasteiger partial charge in [0, 0.05) is 38.1 Å². The van der Waals surface area contributed by atoms with Crippen LogP contribution in [0.5, 0.6) is 0 Å². The van der Waals surface area contributed by atoms with E-state index in [1.807, 2.05) is 6.92 Å². The minimum Gasteiger partial charge on any atom is -0.400 e. The Bertz CT molecular complexity index is 1130. The van der Waals surface area contributed by atoms with Gasteiger partial charge < -0.3 is 29.9 Å². The molecule has 35 heavy (non-hydrogen) atoms. The lowest BCUT2D eigenvalue weighted by molar-refractivity contribution is -0.0897. The van der Waals surface area contributed by atoms with Crippen LogP contribution in [0.3, 0.4) is 0 Å². The number of nitrogens with one attached hydrogen (secondary N) is 2. The van der Waals surface area contributed by atoms with Crippen molar-refractivity contribution >= 4 is 0 Å². The van der Waals surface area contributed by atoms with Crippen molar-refractivity contribution < 1.29 is 29.9 Å². The molecule has 14 heteroatoms. The molecule has 1 saturated heterocycles. The zero-order chi connectivity index (χ0) is 26.8. The first kappa shape index (κ1) is 30.2. The molecule has 0 aromatic carbocycles. The van der Waals surface area contributed by atoms with E-state index in [4.69, 9.17) is 24.8 Å². The summed E-state index contributed by atoms with van der Waals surface area (Å²) in [4.78, 5) is 49.0. The molecule has 0 aliphatic carbocycles. The predicted octanol–water partition coefficient (Wildman–Crippen LogP) is -1.98. The van der Waals surface area contributed by atoms with Crippen LogP contribution in [0.1, 0.15) is 46.1 Å². The number of rotatable bonds is 7. The van der Waals surface area contributed by atoms with Crippen LogP contribution in [0.2, 0.25) is 0 Å². The van der Waals surface area contributed by atoms with E-state index < -0.39 is 46.7 Å². The maximum Gasteiger partial charge on any atom is 0.330 e. The number of aromatic amines is 2. The summed E-state index contributed by atoms with van der Waals surface area (Å²) in [6, 6.07) is 2.42. The topological polar surface area (TPSA) is 209 Å². The van der Waals surface area contributed by atoms with Gasteiger partial charge in [-0.3, -0.25) is 28.7 Å². The molecule has 3 rings (SSSR count). The standard InChI is InChI=1S/C10H14N2O5.C10H16N2O4.CH4O/c1-10(16)4-6(5-13)17-8(10)12-3-2-7(14)11-9(12)15;1-3-8(6-13)16-7(2)12-5-4-9(14)11-10(12)15;1-2/h2-3,6,8,13,16H,4-5H2,1H3,(H,11,14,15);4-5,7-8,13H,3,6H2,1-2H3,(H,11,14,15);2H,1H3/t6-,8+,10-;7-,8+;/m01./s1. The molecule has 1 aliphatic heterocycles. The zero-order valence-electron chi connectivity index (χ0n) is 20.1. The second kappa shape index (κ2) is 13.9. The molecular formula is C21H34N4O10. The highest BCUT2D eigenvalue weighted by Gasteiger charge is 2.45. The second-order valence-corrected chi connectivity index (χ2v) is 7.84. The number of aliphatic hydroxyl groups excluding tert-OH is 3. The van der Waals surface area contributed by atoms with E-state index in [-0.39, 0.29) is 25.7 Å². The molecule has 5 atom stereocenters. The molecule has 0 radical (unpaired) electrons. The second-order valence-electron chi connectivity index (χ2n) is 7.84. The lowest BCUT2D eigenvalue weighted by Crippen LogP contribution is -2.40. The highest BCUT2D eigenvalue weighted by molar-refractivity contribution is 4.94. The van der Waals surface area contributed by atoms with Crippen LogP contribution < -0.4 is 22.5 Å². The predicted molar refractivity (Wildman–Crippen MR) is 124 cm³/mol. The SMILES string of the molecule is CC[C@@H](CO)O[C@H](C)n1ccc(=O)[nH]c1=O.CO.C[C@]1(O)C[C@@H](CO)O[C@H]1n1ccc(=O)[nH]c1=O. The van der Waals surface area contributed by atoms with Crippen molar-refractivity contribution in [2.24, 2.45) is 0 Å². The Morgan fingerprint density at radius 2 is 1.69 bits per heavy atom. The normalized spacial score (nSPS) is 22.9. The summed E-state index contributed by atoms with van der Waals surface area (Å²) < 4.78 is 13.2. The van der Waals surface area contributed by atoms with Crippen molar-refractivity contribution in [1.82, 2.24) is 19.1 Å². The number of aliphatic hydroxyl groups is 4. The van der Waals surface area contributed by atoms with E-state index in [0.717, 1.165) is 11.7 Å². The van der Waals surface area contributed by atoms with E-state index >= 15 is 0 Å². The van der Waals surface area contributed by atoms with Crippen LogP contribution in [-0.2, 0) is 9.47 Å². The quantitative estimate of drug-likeness (QED) is 0.246. The monoisotopic (exact) mass is 502 g/mol. The Labute approximate surface area is 200 Å². The van der Waals surface area contributed by atoms with Gasteiger partial charge in [0.2, 0.25) is 0 Å². The first-order valence-electron chi connectivity index (χ1n) is 10.8. The summed E-state index contributed by atoms with van der Waals surface area (Å²) in [5.41, 5.74) is -3.39. The largest absolute Gasteiger partial charge is 0.400 e. The van der Waals surface area contributed by atoms with E-state index in [1.54, 1.807) is 6.92 Å². The van der Waals surface area contributed by atoms with E-state index in [0.29, 0.717) is 6.42 Å². The molecule has 2 aromatic heterocycles. The maximum absolute atomic E-state index is 11.6. The summed E-state index contributed by atoms with van der Waals surface area (Å²) in [5, 5.41) is 35.1. The Morgan fingerprint density at radius 1 is 1.11 bits per heavy atom. The van der Waals surface area contributed by atoms with Crippen LogP contribution in [0, 0.1) is 0 Å². The third kappa shape index (κ3) is 8.38. The Morgan fingerprint density at radius 3 is 2.14 bits per heavy atom. The molecule has 1 aliphatic rings. The van der Waals surface area contributed by atoms with Crippen LogP contribution in [0.4, 0.5) is 0 Å². The molecular weight excluding hydrogens is 468 g/mol. The van der Waals surface area contributed by atoms with Gasteiger partial charge in [0.05, 0.1) is 25.4 Å². The molecule has 1 fully saturated rings. The van der Waals surface area contributed by atoms with Crippen molar-refractivity contribution in [3.63, 3.8) is 0 Å². The Balaban J connectivity index is 0.000000328. The van der Waals surface area contributed by atoms with Gasteiger partial charge in [0.1, 0.15) is 11.8 Å². The third-order valence-corrected chi connectivity index (χ3v) is 5.09. The smallest absolute Gasteiger partial charge is 0.330 e. The number of hydrogen-bond acceptors (Lipinski definition) is 10. The minimum absolute atomic E-state index is 0.0983. The molecule has 6 N–H and O–H groups in total. The summed E-state index contributed by atoms with van der Waals surface area (Å²) in [6.07, 6.45) is 1.24. The van der Waals surface area contributed by atoms with Gasteiger partial charge >= 0.3 is 11.4 Å². The Hall–Kier alpha value is -2.88. The van der Waals surface area contributed by atoms with Crippen LogP contribution in [0.15, 0.2) is 43.7 Å². The fourth-order valence-corrected chi connectivity index (χ4v) is 3.35. The molecule has 0 bridgehead atoms. The van der Waals surface area contributed by atoms with Crippen molar-refractivity contribution in [2.45, 2.75) is 63.9 Å². The van der Waals surface area contributed by atoms with Crippen molar-refractivity contribution in [1.29, 1.82) is 0 Å². The van der Waals surface area contributed by atoms with E-state index in [2.05, 4.69) is 9.97 Å². The van der Waals surface area contributed by atoms with Crippen molar-refractivity contribution in [3.8, 4) is 0 Å². The first-order valence-corrected chi connectivity index (χ1v) is 10.8. The van der Waals surface area contributed by atoms with E-state index in [9.17, 15) is 24.3 Å². The molecule has 0 saturated carbocycles. The fourth-order valence-electron chi connectivity index (χ4n) is 3.35. The van der Waals surface area contributed by atoms with Crippen LogP contribution in [0.25, 0.3) is 0 Å². The van der Waals surface area contributed by atoms with Gasteiger partial charge in [0.25, 0.3) is 11.1 Å². The summed E-state index contributed by atoms with van der Waals surface area (Å²) in [7, 11) is 1.00. The number of H-pyrrole nitrogens is 2. The molecule has 198 valence electrons. The minimum atomic E-state index is -1.27.